The third-order valence-corrected chi connectivity index (χ3v) is 6.45. The Labute approximate surface area is 241 Å². The Hall–Kier alpha value is -4.41. The van der Waals surface area contributed by atoms with Crippen molar-refractivity contribution >= 4 is 23.2 Å². The molecule has 11 heteroatoms. The van der Waals surface area contributed by atoms with E-state index >= 15 is 0 Å². The van der Waals surface area contributed by atoms with Crippen LogP contribution >= 0.6 is 0 Å². The van der Waals surface area contributed by atoms with Gasteiger partial charge in [-0.15, -0.1) is 0 Å². The number of alkyl halides is 3. The monoisotopic (exact) mass is 582 g/mol. The predicted molar refractivity (Wildman–Crippen MR) is 153 cm³/mol. The second-order valence-electron chi connectivity index (χ2n) is 10.8. The molecule has 0 aliphatic rings. The van der Waals surface area contributed by atoms with Gasteiger partial charge in [0.1, 0.15) is 5.75 Å². The molecule has 1 N–H and O–H groups in total. The number of aromatic nitrogens is 3. The average Bonchev–Trinajstić information content (AvgIpc) is 3.35. The van der Waals surface area contributed by atoms with Crippen molar-refractivity contribution in [3.8, 4) is 28.3 Å². The number of ether oxygens (including phenoxy) is 2. The molecule has 222 valence electrons. The molecule has 42 heavy (non-hydrogen) atoms. The van der Waals surface area contributed by atoms with Crippen molar-refractivity contribution in [3.63, 3.8) is 0 Å². The third kappa shape index (κ3) is 7.26. The molecule has 0 spiro atoms. The summed E-state index contributed by atoms with van der Waals surface area (Å²) in [4.78, 5) is 28.6. The Morgan fingerprint density at radius 2 is 1.76 bits per heavy atom. The number of nitrogens with one attached hydrogen (secondary N) is 1. The van der Waals surface area contributed by atoms with Gasteiger partial charge in [0, 0.05) is 28.7 Å². The molecule has 1 amide bonds. The lowest BCUT2D eigenvalue weighted by molar-refractivity contribution is -0.143. The van der Waals surface area contributed by atoms with Gasteiger partial charge in [-0.05, 0) is 62.2 Å². The maximum absolute atomic E-state index is 14.1. The lowest BCUT2D eigenvalue weighted by atomic mass is 9.95. The molecular formula is C31H33F3N4O4. The van der Waals surface area contributed by atoms with Crippen molar-refractivity contribution in [2.45, 2.75) is 53.6 Å². The SMILES string of the molecule is CCOC(=O)CCCOc1ccc(-c2ccc3nc(-c4ccc(C)c(NC(=O)C(C)(C)C)c4)cn3n2)c(C(F)(F)F)c1. The van der Waals surface area contributed by atoms with Gasteiger partial charge in [0.25, 0.3) is 0 Å². The zero-order chi connectivity index (χ0) is 30.7. The number of amides is 1. The summed E-state index contributed by atoms with van der Waals surface area (Å²) in [6.07, 6.45) is -2.60. The Balaban J connectivity index is 1.60. The lowest BCUT2D eigenvalue weighted by Gasteiger charge is -2.19. The number of carbonyl (C=O) groups is 2. The number of esters is 1. The van der Waals surface area contributed by atoms with Gasteiger partial charge in [0.2, 0.25) is 5.91 Å². The molecule has 2 heterocycles. The first kappa shape index (κ1) is 30.5. The van der Waals surface area contributed by atoms with E-state index in [1.807, 2.05) is 45.9 Å². The molecular weight excluding hydrogens is 549 g/mol. The topological polar surface area (TPSA) is 94.8 Å². The number of hydrogen-bond acceptors (Lipinski definition) is 6. The third-order valence-electron chi connectivity index (χ3n) is 6.45. The number of nitrogens with zero attached hydrogens (tertiary/aromatic N) is 3. The van der Waals surface area contributed by atoms with Crippen LogP contribution in [0.5, 0.6) is 5.75 Å². The second-order valence-corrected chi connectivity index (χ2v) is 10.8. The van der Waals surface area contributed by atoms with Crippen LogP contribution in [0.4, 0.5) is 18.9 Å². The summed E-state index contributed by atoms with van der Waals surface area (Å²) in [6.45, 7) is 9.39. The van der Waals surface area contributed by atoms with Crippen LogP contribution in [-0.2, 0) is 20.5 Å². The Kier molecular flexibility index (Phi) is 8.89. The second kappa shape index (κ2) is 12.2. The van der Waals surface area contributed by atoms with E-state index in [1.54, 1.807) is 19.2 Å². The normalized spacial score (nSPS) is 11.9. The van der Waals surface area contributed by atoms with E-state index in [0.29, 0.717) is 23.4 Å². The van der Waals surface area contributed by atoms with Crippen molar-refractivity contribution in [1.29, 1.82) is 0 Å². The van der Waals surface area contributed by atoms with E-state index in [4.69, 9.17) is 9.47 Å². The number of anilines is 1. The summed E-state index contributed by atoms with van der Waals surface area (Å²) in [5.74, 6) is -0.473. The summed E-state index contributed by atoms with van der Waals surface area (Å²) < 4.78 is 54.0. The molecule has 0 radical (unpaired) electrons. The Morgan fingerprint density at radius 1 is 1.00 bits per heavy atom. The van der Waals surface area contributed by atoms with Crippen molar-refractivity contribution < 1.29 is 32.2 Å². The smallest absolute Gasteiger partial charge is 0.417 e. The van der Waals surface area contributed by atoms with Gasteiger partial charge >= 0.3 is 12.1 Å². The molecule has 0 saturated heterocycles. The number of benzene rings is 2. The van der Waals surface area contributed by atoms with E-state index in [2.05, 4.69) is 15.4 Å². The summed E-state index contributed by atoms with van der Waals surface area (Å²) >= 11 is 0. The number of carbonyl (C=O) groups excluding carboxylic acids is 2. The number of aryl methyl sites for hydroxylation is 1. The maximum atomic E-state index is 14.1. The van der Waals surface area contributed by atoms with E-state index in [0.717, 1.165) is 17.2 Å². The minimum Gasteiger partial charge on any atom is -0.494 e. The summed E-state index contributed by atoms with van der Waals surface area (Å²) in [5.41, 5.74) is 1.78. The molecule has 4 aromatic rings. The molecule has 2 aromatic carbocycles. The summed E-state index contributed by atoms with van der Waals surface area (Å²) in [5, 5.41) is 7.37. The fourth-order valence-corrected chi connectivity index (χ4v) is 4.10. The van der Waals surface area contributed by atoms with Crippen LogP contribution in [0.15, 0.2) is 54.7 Å². The van der Waals surface area contributed by atoms with E-state index in [1.165, 1.54) is 22.7 Å². The molecule has 0 saturated carbocycles. The van der Waals surface area contributed by atoms with Crippen LogP contribution in [0.3, 0.4) is 0 Å². The van der Waals surface area contributed by atoms with Crippen LogP contribution in [0.2, 0.25) is 0 Å². The number of halogens is 3. The standard InChI is InChI=1S/C31H33F3N4O4/c1-6-41-28(39)8-7-15-42-21-11-12-22(23(17-21)31(32,33)34)24-13-14-27-35-26(18-38(27)37-24)20-10-9-19(2)25(16-20)36-29(40)30(3,4)5/h9-14,16-18H,6-8,15H2,1-5H3,(H,36,40). The molecule has 0 unspecified atom stereocenters. The number of imidazole rings is 1. The molecule has 2 aromatic heterocycles. The molecule has 0 fully saturated rings. The van der Waals surface area contributed by atoms with Gasteiger partial charge in [-0.1, -0.05) is 32.9 Å². The van der Waals surface area contributed by atoms with Crippen molar-refractivity contribution in [2.24, 2.45) is 5.41 Å². The quantitative estimate of drug-likeness (QED) is 0.167. The minimum absolute atomic E-state index is 0.0367. The highest BCUT2D eigenvalue weighted by Crippen LogP contribution is 2.39. The molecule has 0 aliphatic carbocycles. The van der Waals surface area contributed by atoms with Crippen LogP contribution in [-0.4, -0.2) is 39.7 Å². The highest BCUT2D eigenvalue weighted by molar-refractivity contribution is 5.95. The highest BCUT2D eigenvalue weighted by Gasteiger charge is 2.35. The molecule has 0 aliphatic heterocycles. The van der Waals surface area contributed by atoms with E-state index in [-0.39, 0.29) is 48.5 Å². The van der Waals surface area contributed by atoms with E-state index in [9.17, 15) is 22.8 Å². The van der Waals surface area contributed by atoms with Crippen LogP contribution in [0.1, 0.15) is 51.7 Å². The van der Waals surface area contributed by atoms with E-state index < -0.39 is 17.2 Å². The maximum Gasteiger partial charge on any atom is 0.417 e. The van der Waals surface area contributed by atoms with Gasteiger partial charge < -0.3 is 14.8 Å². The highest BCUT2D eigenvalue weighted by atomic mass is 19.4. The zero-order valence-electron chi connectivity index (χ0n) is 24.1. The van der Waals surface area contributed by atoms with Gasteiger partial charge in [0.05, 0.1) is 36.4 Å². The van der Waals surface area contributed by atoms with Gasteiger partial charge in [-0.2, -0.15) is 18.3 Å². The van der Waals surface area contributed by atoms with Gasteiger partial charge in [-0.3, -0.25) is 9.59 Å². The first-order valence-corrected chi connectivity index (χ1v) is 13.5. The summed E-state index contributed by atoms with van der Waals surface area (Å²) in [6, 6.07) is 12.3. The first-order chi connectivity index (χ1) is 19.8. The number of fused-ring (bicyclic) bond motifs is 1. The van der Waals surface area contributed by atoms with Crippen LogP contribution in [0.25, 0.3) is 28.2 Å². The van der Waals surface area contributed by atoms with Crippen LogP contribution < -0.4 is 10.1 Å². The Bertz CT molecular complexity index is 1610. The fourth-order valence-electron chi connectivity index (χ4n) is 4.10. The number of hydrogen-bond donors (Lipinski definition) is 1. The van der Waals surface area contributed by atoms with Crippen molar-refractivity contribution in [2.75, 3.05) is 18.5 Å². The average molecular weight is 583 g/mol. The lowest BCUT2D eigenvalue weighted by Crippen LogP contribution is -2.27. The fraction of sp³-hybridized carbons (Fsp3) is 0.355. The summed E-state index contributed by atoms with van der Waals surface area (Å²) in [7, 11) is 0. The first-order valence-electron chi connectivity index (χ1n) is 13.5. The molecule has 4 rings (SSSR count). The zero-order valence-corrected chi connectivity index (χ0v) is 24.1. The largest absolute Gasteiger partial charge is 0.494 e. The number of rotatable bonds is 9. The van der Waals surface area contributed by atoms with Gasteiger partial charge in [0.15, 0.2) is 5.65 Å². The Morgan fingerprint density at radius 3 is 2.45 bits per heavy atom. The predicted octanol–water partition coefficient (Wildman–Crippen LogP) is 7.10. The molecule has 0 bridgehead atoms. The van der Waals surface area contributed by atoms with Crippen molar-refractivity contribution in [3.05, 3.63) is 65.9 Å². The minimum atomic E-state index is -4.66. The van der Waals surface area contributed by atoms with Crippen molar-refractivity contribution in [1.82, 2.24) is 14.6 Å². The molecule has 0 atom stereocenters. The van der Waals surface area contributed by atoms with Crippen LogP contribution in [0, 0.1) is 12.3 Å². The van der Waals surface area contributed by atoms with Gasteiger partial charge in [-0.25, -0.2) is 9.50 Å². The molecule has 8 nitrogen and oxygen atoms in total.